The molecular formula is C21H21N3O4. The van der Waals surface area contributed by atoms with E-state index in [2.05, 4.69) is 5.32 Å². The smallest absolute Gasteiger partial charge is 0.325 e. The van der Waals surface area contributed by atoms with Crippen LogP contribution < -0.4 is 15.0 Å². The Morgan fingerprint density at radius 1 is 1.11 bits per heavy atom. The quantitative estimate of drug-likeness (QED) is 0.831. The van der Waals surface area contributed by atoms with Crippen LogP contribution in [0.4, 0.5) is 10.5 Å². The molecule has 1 saturated heterocycles. The van der Waals surface area contributed by atoms with Crippen molar-refractivity contribution in [3.05, 3.63) is 60.2 Å². The van der Waals surface area contributed by atoms with Crippen LogP contribution in [0.2, 0.25) is 0 Å². The van der Waals surface area contributed by atoms with Crippen molar-refractivity contribution in [2.24, 2.45) is 0 Å². The number of benzene rings is 2. The van der Waals surface area contributed by atoms with Gasteiger partial charge in [0.05, 0.1) is 11.7 Å². The fourth-order valence-electron chi connectivity index (χ4n) is 3.59. The van der Waals surface area contributed by atoms with Gasteiger partial charge in [0.2, 0.25) is 5.91 Å². The SMILES string of the molecule is CC1(C)NC(=O)N(CC(=O)N2c3ccccc3OC[C@H]2c2ccccc2)C1=O. The number of imide groups is 1. The molecule has 2 aliphatic heterocycles. The summed E-state index contributed by atoms with van der Waals surface area (Å²) in [6.07, 6.45) is 0. The van der Waals surface area contributed by atoms with Crippen molar-refractivity contribution in [3.8, 4) is 5.75 Å². The molecule has 2 aromatic carbocycles. The molecule has 2 aliphatic rings. The lowest BCUT2D eigenvalue weighted by Crippen LogP contribution is -2.48. The zero-order valence-corrected chi connectivity index (χ0v) is 15.7. The van der Waals surface area contributed by atoms with Gasteiger partial charge >= 0.3 is 6.03 Å². The van der Waals surface area contributed by atoms with E-state index in [1.165, 1.54) is 0 Å². The van der Waals surface area contributed by atoms with Crippen LogP contribution in [0.3, 0.4) is 0 Å². The molecule has 1 fully saturated rings. The molecule has 7 nitrogen and oxygen atoms in total. The largest absolute Gasteiger partial charge is 0.489 e. The van der Waals surface area contributed by atoms with Crippen LogP contribution in [0.25, 0.3) is 0 Å². The molecule has 0 radical (unpaired) electrons. The summed E-state index contributed by atoms with van der Waals surface area (Å²) >= 11 is 0. The molecule has 0 saturated carbocycles. The van der Waals surface area contributed by atoms with Crippen molar-refractivity contribution in [1.29, 1.82) is 0 Å². The van der Waals surface area contributed by atoms with Crippen LogP contribution in [0, 0.1) is 0 Å². The molecule has 1 N–H and O–H groups in total. The predicted molar refractivity (Wildman–Crippen MR) is 103 cm³/mol. The summed E-state index contributed by atoms with van der Waals surface area (Å²) < 4.78 is 5.86. The number of urea groups is 1. The van der Waals surface area contributed by atoms with E-state index in [1.54, 1.807) is 30.9 Å². The number of ether oxygens (including phenoxy) is 1. The Morgan fingerprint density at radius 3 is 2.46 bits per heavy atom. The number of fused-ring (bicyclic) bond motifs is 1. The standard InChI is InChI=1S/C21H21N3O4/c1-21(2)19(26)23(20(27)22-21)12-18(25)24-15-10-6-7-11-17(15)28-13-16(24)14-8-4-3-5-9-14/h3-11,16H,12-13H2,1-2H3,(H,22,27)/t16-/m0/s1. The van der Waals surface area contributed by atoms with E-state index in [0.717, 1.165) is 10.5 Å². The number of nitrogens with one attached hydrogen (secondary N) is 1. The van der Waals surface area contributed by atoms with Crippen molar-refractivity contribution in [3.63, 3.8) is 0 Å². The number of anilines is 1. The Balaban J connectivity index is 1.68. The molecule has 144 valence electrons. The van der Waals surface area contributed by atoms with Gasteiger partial charge in [0, 0.05) is 0 Å². The topological polar surface area (TPSA) is 79.0 Å². The van der Waals surface area contributed by atoms with Crippen molar-refractivity contribution in [2.75, 3.05) is 18.1 Å². The zero-order chi connectivity index (χ0) is 19.9. The van der Waals surface area contributed by atoms with Gasteiger partial charge in [0.15, 0.2) is 0 Å². The Hall–Kier alpha value is -3.35. The normalized spacial score (nSPS) is 20.4. The fourth-order valence-corrected chi connectivity index (χ4v) is 3.59. The maximum Gasteiger partial charge on any atom is 0.325 e. The van der Waals surface area contributed by atoms with Gasteiger partial charge in [-0.15, -0.1) is 0 Å². The summed E-state index contributed by atoms with van der Waals surface area (Å²) in [5, 5.41) is 2.61. The van der Waals surface area contributed by atoms with Crippen LogP contribution in [-0.2, 0) is 9.59 Å². The maximum absolute atomic E-state index is 13.3. The van der Waals surface area contributed by atoms with Crippen molar-refractivity contribution < 1.29 is 19.1 Å². The molecule has 4 rings (SSSR count). The summed E-state index contributed by atoms with van der Waals surface area (Å²) in [6.45, 7) is 3.20. The lowest BCUT2D eigenvalue weighted by atomic mass is 10.0. The van der Waals surface area contributed by atoms with Crippen molar-refractivity contribution in [2.45, 2.75) is 25.4 Å². The highest BCUT2D eigenvalue weighted by Gasteiger charge is 2.46. The van der Waals surface area contributed by atoms with Crippen molar-refractivity contribution >= 4 is 23.5 Å². The fraction of sp³-hybridized carbons (Fsp3) is 0.286. The first-order chi connectivity index (χ1) is 13.4. The number of amides is 4. The molecule has 0 bridgehead atoms. The first kappa shape index (κ1) is 18.0. The summed E-state index contributed by atoms with van der Waals surface area (Å²) in [5.74, 6) is -0.157. The van der Waals surface area contributed by atoms with E-state index in [0.29, 0.717) is 18.0 Å². The van der Waals surface area contributed by atoms with Gasteiger partial charge in [0.1, 0.15) is 24.4 Å². The number of nitrogens with zero attached hydrogens (tertiary/aromatic N) is 2. The van der Waals surface area contributed by atoms with E-state index in [4.69, 9.17) is 4.74 Å². The van der Waals surface area contributed by atoms with Crippen LogP contribution in [-0.4, -0.2) is 41.4 Å². The Morgan fingerprint density at radius 2 is 1.79 bits per heavy atom. The minimum absolute atomic E-state index is 0.290. The molecule has 0 unspecified atom stereocenters. The van der Waals surface area contributed by atoms with E-state index in [1.807, 2.05) is 42.5 Å². The molecule has 0 spiro atoms. The van der Waals surface area contributed by atoms with Crippen LogP contribution in [0.1, 0.15) is 25.5 Å². The number of para-hydroxylation sites is 2. The predicted octanol–water partition coefficient (Wildman–Crippen LogP) is 2.48. The molecular weight excluding hydrogens is 358 g/mol. The number of rotatable bonds is 3. The zero-order valence-electron chi connectivity index (χ0n) is 15.7. The van der Waals surface area contributed by atoms with Gasteiger partial charge in [-0.3, -0.25) is 19.4 Å². The van der Waals surface area contributed by atoms with Crippen LogP contribution in [0.15, 0.2) is 54.6 Å². The monoisotopic (exact) mass is 379 g/mol. The van der Waals surface area contributed by atoms with Crippen LogP contribution >= 0.6 is 0 Å². The van der Waals surface area contributed by atoms with Gasteiger partial charge in [0.25, 0.3) is 5.91 Å². The second-order valence-corrected chi connectivity index (χ2v) is 7.42. The summed E-state index contributed by atoms with van der Waals surface area (Å²) in [5.41, 5.74) is 0.529. The number of hydrogen-bond donors (Lipinski definition) is 1. The Labute approximate surface area is 162 Å². The highest BCUT2D eigenvalue weighted by Crippen LogP contribution is 2.39. The molecule has 1 atom stereocenters. The molecule has 0 aromatic heterocycles. The second kappa shape index (κ2) is 6.67. The first-order valence-corrected chi connectivity index (χ1v) is 9.11. The number of carbonyl (C=O) groups excluding carboxylic acids is 3. The third-order valence-electron chi connectivity index (χ3n) is 5.02. The van der Waals surface area contributed by atoms with Crippen LogP contribution in [0.5, 0.6) is 5.75 Å². The summed E-state index contributed by atoms with van der Waals surface area (Å²) in [7, 11) is 0. The van der Waals surface area contributed by atoms with E-state index >= 15 is 0 Å². The molecule has 7 heteroatoms. The van der Waals surface area contributed by atoms with E-state index in [-0.39, 0.29) is 18.5 Å². The summed E-state index contributed by atoms with van der Waals surface area (Å²) in [6, 6.07) is 15.9. The second-order valence-electron chi connectivity index (χ2n) is 7.42. The van der Waals surface area contributed by atoms with Gasteiger partial charge < -0.3 is 10.1 Å². The van der Waals surface area contributed by atoms with E-state index in [9.17, 15) is 14.4 Å². The molecule has 0 aliphatic carbocycles. The third kappa shape index (κ3) is 2.98. The lowest BCUT2D eigenvalue weighted by Gasteiger charge is -2.37. The maximum atomic E-state index is 13.3. The van der Waals surface area contributed by atoms with Gasteiger partial charge in [-0.1, -0.05) is 42.5 Å². The number of carbonyl (C=O) groups is 3. The number of hydrogen-bond acceptors (Lipinski definition) is 4. The van der Waals surface area contributed by atoms with Gasteiger partial charge in [-0.05, 0) is 31.5 Å². The first-order valence-electron chi connectivity index (χ1n) is 9.11. The van der Waals surface area contributed by atoms with Crippen molar-refractivity contribution in [1.82, 2.24) is 10.2 Å². The Kier molecular flexibility index (Phi) is 4.30. The minimum Gasteiger partial charge on any atom is -0.489 e. The molecule has 2 aromatic rings. The highest BCUT2D eigenvalue weighted by molar-refractivity contribution is 6.10. The van der Waals surface area contributed by atoms with E-state index < -0.39 is 17.5 Å². The Bertz CT molecular complexity index is 942. The average molecular weight is 379 g/mol. The van der Waals surface area contributed by atoms with Gasteiger partial charge in [-0.25, -0.2) is 4.79 Å². The average Bonchev–Trinajstić information content (AvgIpc) is 2.89. The highest BCUT2D eigenvalue weighted by atomic mass is 16.5. The third-order valence-corrected chi connectivity index (χ3v) is 5.02. The van der Waals surface area contributed by atoms with Gasteiger partial charge in [-0.2, -0.15) is 0 Å². The molecule has 28 heavy (non-hydrogen) atoms. The minimum atomic E-state index is -1.01. The molecule has 2 heterocycles. The lowest BCUT2D eigenvalue weighted by molar-refractivity contribution is -0.133. The molecule has 4 amide bonds. The summed E-state index contributed by atoms with van der Waals surface area (Å²) in [4.78, 5) is 40.6.